The van der Waals surface area contributed by atoms with E-state index in [0.717, 1.165) is 0 Å². The smallest absolute Gasteiger partial charge is 0.0623 e. The summed E-state index contributed by atoms with van der Waals surface area (Å²) in [6.07, 6.45) is 0. The van der Waals surface area contributed by atoms with Crippen LogP contribution in [0.2, 0.25) is 0 Å². The fraction of sp³-hybridized carbons (Fsp3) is 0.0526. The number of hydrogen-bond donors (Lipinski definition) is 0. The second-order valence-electron chi connectivity index (χ2n) is 16.4. The van der Waals surface area contributed by atoms with Crippen molar-refractivity contribution in [3.8, 4) is 33.4 Å². The van der Waals surface area contributed by atoms with Crippen LogP contribution in [0.5, 0.6) is 0 Å². The Balaban J connectivity index is 1.11. The van der Waals surface area contributed by atoms with Crippen LogP contribution in [0.25, 0.3) is 65.7 Å². The second-order valence-corrected chi connectivity index (χ2v) is 20.2. The summed E-state index contributed by atoms with van der Waals surface area (Å²) in [5.41, 5.74) is 10.4. The predicted molar refractivity (Wildman–Crippen MR) is 251 cm³/mol. The second kappa shape index (κ2) is 13.4. The average molecular weight is 755 g/mol. The number of benzene rings is 10. The molecule has 0 unspecified atom stereocenters. The van der Waals surface area contributed by atoms with Crippen molar-refractivity contribution in [3.05, 3.63) is 230 Å². The monoisotopic (exact) mass is 754 g/mol. The van der Waals surface area contributed by atoms with E-state index in [0.29, 0.717) is 0 Å². The molecule has 0 spiro atoms. The predicted octanol–water partition coefficient (Wildman–Crippen LogP) is 12.2. The van der Waals surface area contributed by atoms with E-state index in [2.05, 4.69) is 232 Å². The highest BCUT2D eigenvalue weighted by atomic mass is 28.3. The molecule has 0 nitrogen and oxygen atoms in total. The fourth-order valence-corrected chi connectivity index (χ4v) is 15.1. The maximum absolute atomic E-state index is 2.68. The Bertz CT molecular complexity index is 3020. The summed E-state index contributed by atoms with van der Waals surface area (Å²) >= 11 is 0. The highest BCUT2D eigenvalue weighted by molar-refractivity contribution is 7.19. The lowest BCUT2D eigenvalue weighted by Crippen LogP contribution is -2.74. The van der Waals surface area contributed by atoms with Crippen LogP contribution in [0, 0.1) is 0 Å². The highest BCUT2D eigenvalue weighted by Gasteiger charge is 2.44. The Morgan fingerprint density at radius 3 is 1.22 bits per heavy atom. The number of hydrogen-bond acceptors (Lipinski definition) is 0. The van der Waals surface area contributed by atoms with Crippen molar-refractivity contribution in [1.29, 1.82) is 0 Å². The van der Waals surface area contributed by atoms with E-state index in [1.165, 1.54) is 97.6 Å². The molecular weight excluding hydrogens is 713 g/mol. The van der Waals surface area contributed by atoms with Crippen LogP contribution >= 0.6 is 0 Å². The summed E-state index contributed by atoms with van der Waals surface area (Å²) in [6.45, 7) is 4.86. The van der Waals surface area contributed by atoms with Gasteiger partial charge in [-0.05, 0) is 110 Å². The molecule has 1 heteroatoms. The quantitative estimate of drug-likeness (QED) is 0.0901. The summed E-state index contributed by atoms with van der Waals surface area (Å²) in [5, 5.41) is 13.3. The van der Waals surface area contributed by atoms with Crippen molar-refractivity contribution in [2.24, 2.45) is 0 Å². The lowest BCUT2D eigenvalue weighted by Gasteiger charge is -2.35. The van der Waals surface area contributed by atoms with Gasteiger partial charge in [-0.3, -0.25) is 0 Å². The molecule has 0 aliphatic heterocycles. The van der Waals surface area contributed by atoms with Gasteiger partial charge < -0.3 is 0 Å². The zero-order chi connectivity index (χ0) is 38.8. The van der Waals surface area contributed by atoms with Gasteiger partial charge in [-0.25, -0.2) is 0 Å². The van der Waals surface area contributed by atoms with Gasteiger partial charge in [0.15, 0.2) is 8.07 Å². The first-order valence-electron chi connectivity index (χ1n) is 20.4. The average Bonchev–Trinajstić information content (AvgIpc) is 3.51. The molecule has 0 amide bonds. The molecule has 10 aromatic carbocycles. The molecule has 0 aromatic heterocycles. The van der Waals surface area contributed by atoms with Gasteiger partial charge >= 0.3 is 0 Å². The lowest BCUT2D eigenvalue weighted by atomic mass is 9.80. The third-order valence-corrected chi connectivity index (χ3v) is 17.8. The summed E-state index contributed by atoms with van der Waals surface area (Å²) in [5.74, 6) is 0. The Kier molecular flexibility index (Phi) is 7.96. The Morgan fingerprint density at radius 2 is 0.707 bits per heavy atom. The van der Waals surface area contributed by atoms with E-state index in [1.54, 1.807) is 0 Å². The summed E-state index contributed by atoms with van der Waals surface area (Å²) < 4.78 is 0. The minimum Gasteiger partial charge on any atom is -0.0623 e. The molecule has 1 aliphatic rings. The topological polar surface area (TPSA) is 0 Å². The van der Waals surface area contributed by atoms with E-state index < -0.39 is 8.07 Å². The van der Waals surface area contributed by atoms with Crippen LogP contribution in [0.1, 0.15) is 25.0 Å². The lowest BCUT2D eigenvalue weighted by molar-refractivity contribution is 0.661. The number of fused-ring (bicyclic) bond motifs is 6. The van der Waals surface area contributed by atoms with Crippen LogP contribution < -0.4 is 20.7 Å². The van der Waals surface area contributed by atoms with Crippen molar-refractivity contribution >= 4 is 61.1 Å². The molecule has 11 rings (SSSR count). The van der Waals surface area contributed by atoms with Gasteiger partial charge in [-0.15, -0.1) is 0 Å². The molecule has 1 aliphatic carbocycles. The normalized spacial score (nSPS) is 13.1. The molecule has 0 bridgehead atoms. The Labute approximate surface area is 341 Å². The summed E-state index contributed by atoms with van der Waals surface area (Å²) in [7, 11) is -2.68. The van der Waals surface area contributed by atoms with Crippen molar-refractivity contribution in [2.75, 3.05) is 0 Å². The zero-order valence-corrected chi connectivity index (χ0v) is 33.8. The summed E-state index contributed by atoms with van der Waals surface area (Å²) in [6, 6.07) is 82.1. The van der Waals surface area contributed by atoms with Gasteiger partial charge in [0.2, 0.25) is 0 Å². The van der Waals surface area contributed by atoms with Crippen molar-refractivity contribution < 1.29 is 0 Å². The van der Waals surface area contributed by atoms with Crippen LogP contribution in [-0.4, -0.2) is 8.07 Å². The number of rotatable bonds is 6. The molecule has 0 fully saturated rings. The Hall–Kier alpha value is -6.80. The first-order valence-corrected chi connectivity index (χ1v) is 22.4. The van der Waals surface area contributed by atoms with Crippen LogP contribution in [-0.2, 0) is 5.41 Å². The molecule has 0 saturated carbocycles. The minimum absolute atomic E-state index is 0.211. The SMILES string of the molecule is CC1(C)c2cc(-c3c4ccccc4c(-c4ccc5ccccc5c4)c4ccccc34)ccc2-c2ccc([Si](c3ccccc3)(c3ccccc3)c3ccccc3)cc21. The van der Waals surface area contributed by atoms with Gasteiger partial charge in [0, 0.05) is 5.41 Å². The van der Waals surface area contributed by atoms with E-state index in [1.807, 2.05) is 0 Å². The van der Waals surface area contributed by atoms with Crippen LogP contribution in [0.15, 0.2) is 218 Å². The Morgan fingerprint density at radius 1 is 0.310 bits per heavy atom. The van der Waals surface area contributed by atoms with Gasteiger partial charge in [0.1, 0.15) is 0 Å². The minimum atomic E-state index is -2.68. The third-order valence-electron chi connectivity index (χ3n) is 13.0. The maximum Gasteiger partial charge on any atom is 0.179 e. The van der Waals surface area contributed by atoms with Crippen molar-refractivity contribution in [1.82, 2.24) is 0 Å². The van der Waals surface area contributed by atoms with E-state index in [4.69, 9.17) is 0 Å². The molecule has 0 atom stereocenters. The molecule has 0 N–H and O–H groups in total. The van der Waals surface area contributed by atoms with E-state index in [9.17, 15) is 0 Å². The molecule has 274 valence electrons. The molecule has 0 heterocycles. The fourth-order valence-electron chi connectivity index (χ4n) is 10.3. The molecule has 0 radical (unpaired) electrons. The molecule has 10 aromatic rings. The third kappa shape index (κ3) is 5.13. The van der Waals surface area contributed by atoms with Gasteiger partial charge in [-0.2, -0.15) is 0 Å². The van der Waals surface area contributed by atoms with E-state index >= 15 is 0 Å². The van der Waals surface area contributed by atoms with Gasteiger partial charge in [-0.1, -0.05) is 220 Å². The highest BCUT2D eigenvalue weighted by Crippen LogP contribution is 2.51. The maximum atomic E-state index is 2.58. The molecular formula is C57H42Si. The van der Waals surface area contributed by atoms with Crippen LogP contribution in [0.4, 0.5) is 0 Å². The summed E-state index contributed by atoms with van der Waals surface area (Å²) in [4.78, 5) is 0. The molecule has 0 saturated heterocycles. The van der Waals surface area contributed by atoms with Gasteiger partial charge in [0.05, 0.1) is 0 Å². The zero-order valence-electron chi connectivity index (χ0n) is 32.8. The molecule has 58 heavy (non-hydrogen) atoms. The van der Waals surface area contributed by atoms with Crippen molar-refractivity contribution in [3.63, 3.8) is 0 Å². The first kappa shape index (κ1) is 34.4. The van der Waals surface area contributed by atoms with Gasteiger partial charge in [0.25, 0.3) is 0 Å². The first-order chi connectivity index (χ1) is 28.5. The van der Waals surface area contributed by atoms with E-state index in [-0.39, 0.29) is 5.41 Å². The van der Waals surface area contributed by atoms with Crippen molar-refractivity contribution in [2.45, 2.75) is 19.3 Å². The standard InChI is InChI=1S/C57H42Si/c1-57(2)53-37-42(56-51-28-16-14-26-49(51)55(50-27-15-17-29-52(50)56)41-31-30-39-18-12-13-19-40(39)36-41)32-34-47(53)48-35-33-46(38-54(48)57)58(43-20-6-3-7-21-43,44-22-8-4-9-23-44)45-24-10-5-11-25-45/h3-38H,1-2H3. The van der Waals surface area contributed by atoms with Crippen LogP contribution in [0.3, 0.4) is 0 Å². The largest absolute Gasteiger partial charge is 0.179 e.